The Bertz CT molecular complexity index is 405. The fraction of sp³-hybridized carbons (Fsp3) is 0.500. The summed E-state index contributed by atoms with van der Waals surface area (Å²) in [5.41, 5.74) is 5.13. The van der Waals surface area contributed by atoms with Crippen LogP contribution in [-0.2, 0) is 6.18 Å². The highest BCUT2D eigenvalue weighted by Crippen LogP contribution is 2.33. The maximum absolute atomic E-state index is 12.6. The van der Waals surface area contributed by atoms with Gasteiger partial charge in [-0.25, -0.2) is 0 Å². The molecule has 0 bridgehead atoms. The zero-order valence-corrected chi connectivity index (χ0v) is 10.9. The molecule has 1 aromatic carbocycles. The lowest BCUT2D eigenvalue weighted by atomic mass is 10.0. The molecule has 2 nitrogen and oxygen atoms in total. The molecule has 1 aromatic rings. The molecule has 0 spiro atoms. The minimum atomic E-state index is -4.41. The third kappa shape index (κ3) is 4.07. The lowest BCUT2D eigenvalue weighted by Crippen LogP contribution is -2.33. The molecule has 102 valence electrons. The zero-order valence-electron chi connectivity index (χ0n) is 10.2. The van der Waals surface area contributed by atoms with Gasteiger partial charge in [0, 0.05) is 23.3 Å². The normalized spacial score (nSPS) is 13.8. The van der Waals surface area contributed by atoms with Crippen molar-refractivity contribution in [1.29, 1.82) is 0 Å². The maximum Gasteiger partial charge on any atom is 0.416 e. The van der Waals surface area contributed by atoms with E-state index < -0.39 is 11.7 Å². The summed E-state index contributed by atoms with van der Waals surface area (Å²) in [6, 6.07) is 3.31. The molecule has 0 aliphatic carbocycles. The Morgan fingerprint density at radius 1 is 1.28 bits per heavy atom. The van der Waals surface area contributed by atoms with E-state index >= 15 is 0 Å². The first kappa shape index (κ1) is 15.1. The molecule has 1 unspecified atom stereocenters. The second kappa shape index (κ2) is 5.80. The third-order valence-corrected chi connectivity index (χ3v) is 2.85. The lowest BCUT2D eigenvalue weighted by Gasteiger charge is -2.22. The van der Waals surface area contributed by atoms with Gasteiger partial charge in [-0.3, -0.25) is 0 Å². The van der Waals surface area contributed by atoms with Crippen molar-refractivity contribution in [3.8, 4) is 0 Å². The van der Waals surface area contributed by atoms with Crippen molar-refractivity contribution in [1.82, 2.24) is 0 Å². The fourth-order valence-corrected chi connectivity index (χ4v) is 1.78. The summed E-state index contributed by atoms with van der Waals surface area (Å²) >= 11 is 5.69. The van der Waals surface area contributed by atoms with Gasteiger partial charge in [-0.1, -0.05) is 25.4 Å². The Morgan fingerprint density at radius 2 is 1.89 bits per heavy atom. The van der Waals surface area contributed by atoms with Crippen LogP contribution in [0.15, 0.2) is 18.2 Å². The van der Waals surface area contributed by atoms with Crippen LogP contribution in [0.4, 0.5) is 18.9 Å². The molecule has 0 aliphatic heterocycles. The lowest BCUT2D eigenvalue weighted by molar-refractivity contribution is -0.137. The molecule has 0 aliphatic rings. The van der Waals surface area contributed by atoms with E-state index in [0.29, 0.717) is 12.2 Å². The fourth-order valence-electron chi connectivity index (χ4n) is 1.55. The molecule has 0 fully saturated rings. The van der Waals surface area contributed by atoms with Gasteiger partial charge in [-0.15, -0.1) is 0 Å². The van der Waals surface area contributed by atoms with Gasteiger partial charge in [0.05, 0.1) is 5.56 Å². The average Bonchev–Trinajstić information content (AvgIpc) is 2.23. The van der Waals surface area contributed by atoms with Crippen LogP contribution >= 0.6 is 11.6 Å². The van der Waals surface area contributed by atoms with Gasteiger partial charge in [0.2, 0.25) is 0 Å². The van der Waals surface area contributed by atoms with E-state index in [1.54, 1.807) is 0 Å². The largest absolute Gasteiger partial charge is 0.416 e. The van der Waals surface area contributed by atoms with E-state index in [2.05, 4.69) is 5.32 Å². The van der Waals surface area contributed by atoms with Gasteiger partial charge in [-0.2, -0.15) is 13.2 Å². The second-order valence-electron chi connectivity index (χ2n) is 4.46. The Morgan fingerprint density at radius 3 is 2.33 bits per heavy atom. The van der Waals surface area contributed by atoms with Gasteiger partial charge in [0.25, 0.3) is 0 Å². The second-order valence-corrected chi connectivity index (χ2v) is 4.89. The molecule has 0 radical (unpaired) electrons. The molecular weight excluding hydrogens is 265 g/mol. The molecule has 0 saturated carbocycles. The van der Waals surface area contributed by atoms with E-state index in [9.17, 15) is 13.2 Å². The van der Waals surface area contributed by atoms with Crippen LogP contribution in [0.3, 0.4) is 0 Å². The van der Waals surface area contributed by atoms with E-state index in [-0.39, 0.29) is 17.0 Å². The quantitative estimate of drug-likeness (QED) is 0.881. The van der Waals surface area contributed by atoms with Crippen LogP contribution < -0.4 is 11.1 Å². The molecule has 3 N–H and O–H groups in total. The van der Waals surface area contributed by atoms with Gasteiger partial charge in [0.15, 0.2) is 0 Å². The topological polar surface area (TPSA) is 38.0 Å². The van der Waals surface area contributed by atoms with Crippen molar-refractivity contribution in [3.63, 3.8) is 0 Å². The molecule has 0 saturated heterocycles. The van der Waals surface area contributed by atoms with Gasteiger partial charge in [-0.05, 0) is 24.1 Å². The molecule has 1 rings (SSSR count). The predicted molar refractivity (Wildman–Crippen MR) is 67.8 cm³/mol. The highest BCUT2D eigenvalue weighted by atomic mass is 35.5. The van der Waals surface area contributed by atoms with Crippen LogP contribution in [0.5, 0.6) is 0 Å². The van der Waals surface area contributed by atoms with Crippen LogP contribution in [0.1, 0.15) is 19.4 Å². The first-order chi connectivity index (χ1) is 8.24. The monoisotopic (exact) mass is 280 g/mol. The standard InChI is InChI=1S/C12H16ClF3N2/c1-7(2)11(6-17)18-10-4-8(12(14,15)16)3-9(13)5-10/h3-5,7,11,18H,6,17H2,1-2H3. The molecular formula is C12H16ClF3N2. The van der Waals surface area contributed by atoms with Gasteiger partial charge < -0.3 is 11.1 Å². The summed E-state index contributed by atoms with van der Waals surface area (Å²) in [6.07, 6.45) is -4.41. The van der Waals surface area contributed by atoms with Gasteiger partial charge >= 0.3 is 6.18 Å². The van der Waals surface area contributed by atoms with Crippen LogP contribution in [0, 0.1) is 5.92 Å². The summed E-state index contributed by atoms with van der Waals surface area (Å²) < 4.78 is 37.8. The van der Waals surface area contributed by atoms with Crippen LogP contribution in [0.2, 0.25) is 5.02 Å². The van der Waals surface area contributed by atoms with E-state index in [1.807, 2.05) is 13.8 Å². The molecule has 18 heavy (non-hydrogen) atoms. The Kier molecular flexibility index (Phi) is 4.87. The van der Waals surface area contributed by atoms with Crippen molar-refractivity contribution in [2.75, 3.05) is 11.9 Å². The number of alkyl halides is 3. The first-order valence-corrected chi connectivity index (χ1v) is 5.96. The van der Waals surface area contributed by atoms with Crippen molar-refractivity contribution < 1.29 is 13.2 Å². The third-order valence-electron chi connectivity index (χ3n) is 2.64. The number of hydrogen-bond acceptors (Lipinski definition) is 2. The van der Waals surface area contributed by atoms with Crippen molar-refractivity contribution in [3.05, 3.63) is 28.8 Å². The van der Waals surface area contributed by atoms with E-state index in [1.165, 1.54) is 6.07 Å². The summed E-state index contributed by atoms with van der Waals surface area (Å²) in [6.45, 7) is 4.23. The number of hydrogen-bond donors (Lipinski definition) is 2. The number of rotatable bonds is 4. The number of nitrogens with two attached hydrogens (primary N) is 1. The van der Waals surface area contributed by atoms with Crippen LogP contribution in [-0.4, -0.2) is 12.6 Å². The van der Waals surface area contributed by atoms with Crippen molar-refractivity contribution in [2.45, 2.75) is 26.1 Å². The Balaban J connectivity index is 3.00. The Labute approximate surface area is 109 Å². The molecule has 0 heterocycles. The van der Waals surface area contributed by atoms with E-state index in [4.69, 9.17) is 17.3 Å². The summed E-state index contributed by atoms with van der Waals surface area (Å²) in [5, 5.41) is 3.02. The SMILES string of the molecule is CC(C)C(CN)Nc1cc(Cl)cc(C(F)(F)F)c1. The van der Waals surface area contributed by atoms with Crippen molar-refractivity contribution in [2.24, 2.45) is 11.7 Å². The number of benzene rings is 1. The molecule has 6 heteroatoms. The van der Waals surface area contributed by atoms with Crippen molar-refractivity contribution >= 4 is 17.3 Å². The average molecular weight is 281 g/mol. The number of anilines is 1. The zero-order chi connectivity index (χ0) is 13.9. The maximum atomic E-state index is 12.6. The molecule has 1 atom stereocenters. The first-order valence-electron chi connectivity index (χ1n) is 5.58. The number of nitrogens with one attached hydrogen (secondary N) is 1. The summed E-state index contributed by atoms with van der Waals surface area (Å²) in [4.78, 5) is 0. The minimum Gasteiger partial charge on any atom is -0.381 e. The molecule has 0 amide bonds. The number of halogens is 4. The summed E-state index contributed by atoms with van der Waals surface area (Å²) in [7, 11) is 0. The van der Waals surface area contributed by atoms with Crippen LogP contribution in [0.25, 0.3) is 0 Å². The molecule has 0 aromatic heterocycles. The minimum absolute atomic E-state index is 0.0480. The smallest absolute Gasteiger partial charge is 0.381 e. The van der Waals surface area contributed by atoms with Gasteiger partial charge in [0.1, 0.15) is 0 Å². The summed E-state index contributed by atoms with van der Waals surface area (Å²) in [5.74, 6) is 0.211. The highest BCUT2D eigenvalue weighted by Gasteiger charge is 2.31. The Hall–Kier alpha value is -0.940. The van der Waals surface area contributed by atoms with E-state index in [0.717, 1.165) is 12.1 Å². The highest BCUT2D eigenvalue weighted by molar-refractivity contribution is 6.30. The predicted octanol–water partition coefficient (Wildman–Crippen LogP) is 3.75.